The van der Waals surface area contributed by atoms with Gasteiger partial charge in [-0.15, -0.1) is 0 Å². The molecule has 1 heterocycles. The van der Waals surface area contributed by atoms with Gasteiger partial charge in [0.25, 0.3) is 5.91 Å². The van der Waals surface area contributed by atoms with Gasteiger partial charge in [-0.25, -0.2) is 4.98 Å². The molecule has 2 unspecified atom stereocenters. The average molecular weight is 326 g/mol. The highest BCUT2D eigenvalue weighted by Crippen LogP contribution is 2.34. The van der Waals surface area contributed by atoms with Gasteiger partial charge in [0.05, 0.1) is 0 Å². The van der Waals surface area contributed by atoms with Crippen LogP contribution in [-0.4, -0.2) is 16.9 Å². The number of carbonyl (C=O) groups is 1. The fraction of sp³-hybridized carbons (Fsp3) is 0.500. The molecule has 0 radical (unpaired) electrons. The fourth-order valence-corrected chi connectivity index (χ4v) is 3.50. The molecule has 1 N–H and O–H groups in total. The summed E-state index contributed by atoms with van der Waals surface area (Å²) in [6.07, 6.45) is 7.17. The average Bonchev–Trinajstić information content (AvgIpc) is 3.09. The summed E-state index contributed by atoms with van der Waals surface area (Å²) in [6.45, 7) is 6.68. The highest BCUT2D eigenvalue weighted by Gasteiger charge is 2.28. The highest BCUT2D eigenvalue weighted by molar-refractivity contribution is 5.92. The van der Waals surface area contributed by atoms with Gasteiger partial charge in [0.2, 0.25) is 0 Å². The van der Waals surface area contributed by atoms with E-state index in [4.69, 9.17) is 4.42 Å². The van der Waals surface area contributed by atoms with Gasteiger partial charge in [-0.1, -0.05) is 57.9 Å². The lowest BCUT2D eigenvalue weighted by atomic mass is 9.78. The predicted octanol–water partition coefficient (Wildman–Crippen LogP) is 4.43. The smallest absolute Gasteiger partial charge is 0.273 e. The molecule has 0 aliphatic heterocycles. The van der Waals surface area contributed by atoms with Crippen LogP contribution in [0.15, 0.2) is 41.3 Å². The number of oxazole rings is 1. The zero-order valence-corrected chi connectivity index (χ0v) is 14.7. The zero-order chi connectivity index (χ0) is 17.2. The Balaban J connectivity index is 1.76. The molecule has 24 heavy (non-hydrogen) atoms. The first-order valence-corrected chi connectivity index (χ1v) is 8.74. The molecule has 1 saturated carbocycles. The molecule has 1 aromatic heterocycles. The number of benzene rings is 1. The van der Waals surface area contributed by atoms with Crippen LogP contribution in [0.25, 0.3) is 0 Å². The molecule has 0 bridgehead atoms. The van der Waals surface area contributed by atoms with Crippen molar-refractivity contribution in [2.45, 2.75) is 63.8 Å². The summed E-state index contributed by atoms with van der Waals surface area (Å²) in [4.78, 5) is 16.2. The van der Waals surface area contributed by atoms with E-state index in [9.17, 15) is 4.79 Å². The molecule has 1 fully saturated rings. The number of nitrogens with zero attached hydrogens (tertiary/aromatic N) is 1. The Bertz CT molecular complexity index is 669. The van der Waals surface area contributed by atoms with Crippen LogP contribution in [0.1, 0.15) is 74.0 Å². The lowest BCUT2D eigenvalue weighted by Crippen LogP contribution is -2.41. The maximum Gasteiger partial charge on any atom is 0.273 e. The van der Waals surface area contributed by atoms with Crippen LogP contribution in [0.3, 0.4) is 0 Å². The molecule has 1 aliphatic carbocycles. The minimum Gasteiger partial charge on any atom is -0.451 e. The molecule has 0 spiro atoms. The van der Waals surface area contributed by atoms with Gasteiger partial charge in [-0.05, 0) is 29.4 Å². The Kier molecular flexibility index (Phi) is 4.74. The second-order valence-corrected chi connectivity index (χ2v) is 7.72. The van der Waals surface area contributed by atoms with E-state index in [-0.39, 0.29) is 17.4 Å². The van der Waals surface area contributed by atoms with Crippen molar-refractivity contribution in [2.24, 2.45) is 0 Å². The van der Waals surface area contributed by atoms with Crippen molar-refractivity contribution in [3.63, 3.8) is 0 Å². The summed E-state index contributed by atoms with van der Waals surface area (Å²) >= 11 is 0. The second kappa shape index (κ2) is 6.80. The van der Waals surface area contributed by atoms with Crippen LogP contribution in [0.2, 0.25) is 0 Å². The van der Waals surface area contributed by atoms with Crippen LogP contribution in [-0.2, 0) is 5.41 Å². The zero-order valence-electron chi connectivity index (χ0n) is 14.7. The number of carbonyl (C=O) groups excluding carboxylic acids is 1. The number of rotatable bonds is 3. The first-order valence-electron chi connectivity index (χ1n) is 8.74. The first kappa shape index (κ1) is 16.7. The molecule has 3 rings (SSSR count). The molecule has 2 atom stereocenters. The molecule has 4 nitrogen and oxygen atoms in total. The van der Waals surface area contributed by atoms with E-state index in [1.165, 1.54) is 30.2 Å². The van der Waals surface area contributed by atoms with Gasteiger partial charge in [-0.3, -0.25) is 4.79 Å². The summed E-state index contributed by atoms with van der Waals surface area (Å²) in [5, 5.41) is 3.15. The predicted molar refractivity (Wildman–Crippen MR) is 94.1 cm³/mol. The fourth-order valence-electron chi connectivity index (χ4n) is 3.50. The molecule has 1 amide bonds. The Hall–Kier alpha value is -2.10. The van der Waals surface area contributed by atoms with E-state index in [0.29, 0.717) is 11.6 Å². The quantitative estimate of drug-likeness (QED) is 0.908. The molecule has 1 aromatic carbocycles. The van der Waals surface area contributed by atoms with Crippen molar-refractivity contribution in [3.05, 3.63) is 53.7 Å². The van der Waals surface area contributed by atoms with Crippen molar-refractivity contribution < 1.29 is 9.21 Å². The van der Waals surface area contributed by atoms with E-state index in [0.717, 1.165) is 19.3 Å². The Morgan fingerprint density at radius 1 is 1.17 bits per heavy atom. The lowest BCUT2D eigenvalue weighted by molar-refractivity contribution is 0.0915. The third kappa shape index (κ3) is 3.69. The normalized spacial score (nSPS) is 21.5. The minimum absolute atomic E-state index is 0.146. The highest BCUT2D eigenvalue weighted by atomic mass is 16.3. The Labute approximate surface area is 143 Å². The van der Waals surface area contributed by atoms with Crippen molar-refractivity contribution in [1.29, 1.82) is 0 Å². The summed E-state index contributed by atoms with van der Waals surface area (Å²) < 4.78 is 4.91. The summed E-state index contributed by atoms with van der Waals surface area (Å²) in [5.74, 6) is 0.218. The van der Waals surface area contributed by atoms with Gasteiger partial charge >= 0.3 is 0 Å². The number of aromatic nitrogens is 1. The van der Waals surface area contributed by atoms with E-state index in [2.05, 4.69) is 55.3 Å². The molecule has 2 aromatic rings. The van der Waals surface area contributed by atoms with Crippen molar-refractivity contribution >= 4 is 5.91 Å². The third-order valence-electron chi connectivity index (χ3n) is 4.95. The van der Waals surface area contributed by atoms with E-state index in [1.807, 2.05) is 0 Å². The van der Waals surface area contributed by atoms with Gasteiger partial charge in [-0.2, -0.15) is 0 Å². The number of nitrogens with one attached hydrogen (secondary N) is 1. The second-order valence-electron chi connectivity index (χ2n) is 7.72. The first-order chi connectivity index (χ1) is 11.4. The third-order valence-corrected chi connectivity index (χ3v) is 4.95. The van der Waals surface area contributed by atoms with E-state index in [1.54, 1.807) is 0 Å². The number of hydrogen-bond acceptors (Lipinski definition) is 3. The van der Waals surface area contributed by atoms with Crippen LogP contribution in [0, 0.1) is 0 Å². The van der Waals surface area contributed by atoms with Crippen molar-refractivity contribution in [1.82, 2.24) is 10.3 Å². The van der Waals surface area contributed by atoms with Gasteiger partial charge in [0.15, 0.2) is 12.1 Å². The maximum atomic E-state index is 12.3. The topological polar surface area (TPSA) is 55.1 Å². The summed E-state index contributed by atoms with van der Waals surface area (Å²) in [7, 11) is 0. The Morgan fingerprint density at radius 2 is 1.88 bits per heavy atom. The molecule has 128 valence electrons. The molecule has 1 aliphatic rings. The monoisotopic (exact) mass is 326 g/mol. The minimum atomic E-state index is -0.146. The van der Waals surface area contributed by atoms with E-state index < -0.39 is 0 Å². The summed E-state index contributed by atoms with van der Waals surface area (Å²) in [5.41, 5.74) is 3.16. The largest absolute Gasteiger partial charge is 0.451 e. The standard InChI is InChI=1S/C20H26N2O2/c1-20(2,3)15-10-8-14(9-11-15)16-6-4-5-7-17(16)22-19(23)18-12-24-13-21-18/h8-13,16-17H,4-7H2,1-3H3,(H,22,23). The van der Waals surface area contributed by atoms with Crippen molar-refractivity contribution in [3.8, 4) is 0 Å². The van der Waals surface area contributed by atoms with Gasteiger partial charge < -0.3 is 9.73 Å². The molecular formula is C20H26N2O2. The van der Waals surface area contributed by atoms with Crippen LogP contribution >= 0.6 is 0 Å². The van der Waals surface area contributed by atoms with Gasteiger partial charge in [0, 0.05) is 12.0 Å². The number of hydrogen-bond donors (Lipinski definition) is 1. The van der Waals surface area contributed by atoms with Crippen LogP contribution in [0.4, 0.5) is 0 Å². The summed E-state index contributed by atoms with van der Waals surface area (Å²) in [6, 6.07) is 9.06. The van der Waals surface area contributed by atoms with Crippen molar-refractivity contribution in [2.75, 3.05) is 0 Å². The Morgan fingerprint density at radius 3 is 2.50 bits per heavy atom. The maximum absolute atomic E-state index is 12.3. The molecule has 4 heteroatoms. The van der Waals surface area contributed by atoms with E-state index >= 15 is 0 Å². The lowest BCUT2D eigenvalue weighted by Gasteiger charge is -2.33. The number of amides is 1. The van der Waals surface area contributed by atoms with Gasteiger partial charge in [0.1, 0.15) is 6.26 Å². The van der Waals surface area contributed by atoms with Crippen LogP contribution < -0.4 is 5.32 Å². The molecule has 0 saturated heterocycles. The molecular weight excluding hydrogens is 300 g/mol. The van der Waals surface area contributed by atoms with Crippen LogP contribution in [0.5, 0.6) is 0 Å². The SMILES string of the molecule is CC(C)(C)c1ccc(C2CCCCC2NC(=O)c2cocn2)cc1.